The molecule has 0 N–H and O–H groups in total. The first-order chi connectivity index (χ1) is 13.5. The first kappa shape index (κ1) is 18.7. The van der Waals surface area contributed by atoms with Crippen LogP contribution < -0.4 is 0 Å². The molecule has 3 aromatic heterocycles. The van der Waals surface area contributed by atoms with Crippen LogP contribution in [0.25, 0.3) is 11.4 Å². The van der Waals surface area contributed by atoms with Crippen LogP contribution >= 0.6 is 0 Å². The molecule has 0 aliphatic carbocycles. The van der Waals surface area contributed by atoms with Gasteiger partial charge in [0.15, 0.2) is 5.82 Å². The highest BCUT2D eigenvalue weighted by molar-refractivity contribution is 5.60. The SMILES string of the molecule is Cc1cnc(CN2CCCC[C@@H]2c2cc(C)nc(-c3c(C)noc3C)n2)cn1. The van der Waals surface area contributed by atoms with Gasteiger partial charge in [0.2, 0.25) is 0 Å². The summed E-state index contributed by atoms with van der Waals surface area (Å²) in [6.07, 6.45) is 7.18. The molecule has 0 aromatic carbocycles. The van der Waals surface area contributed by atoms with Crippen molar-refractivity contribution < 1.29 is 4.52 Å². The first-order valence-corrected chi connectivity index (χ1v) is 9.81. The molecule has 1 fully saturated rings. The summed E-state index contributed by atoms with van der Waals surface area (Å²) in [5.41, 5.74) is 5.67. The van der Waals surface area contributed by atoms with Gasteiger partial charge in [-0.15, -0.1) is 0 Å². The maximum Gasteiger partial charge on any atom is 0.165 e. The molecule has 4 heterocycles. The molecule has 0 saturated carbocycles. The summed E-state index contributed by atoms with van der Waals surface area (Å²) in [6.45, 7) is 9.63. The highest BCUT2D eigenvalue weighted by Gasteiger charge is 2.27. The van der Waals surface area contributed by atoms with E-state index in [9.17, 15) is 0 Å². The molecule has 7 nitrogen and oxygen atoms in total. The summed E-state index contributed by atoms with van der Waals surface area (Å²) < 4.78 is 5.33. The highest BCUT2D eigenvalue weighted by Crippen LogP contribution is 2.33. The third kappa shape index (κ3) is 3.80. The van der Waals surface area contributed by atoms with Gasteiger partial charge in [-0.1, -0.05) is 11.6 Å². The highest BCUT2D eigenvalue weighted by atomic mass is 16.5. The lowest BCUT2D eigenvalue weighted by molar-refractivity contribution is 0.135. The van der Waals surface area contributed by atoms with E-state index in [0.717, 1.165) is 59.3 Å². The third-order valence-corrected chi connectivity index (χ3v) is 5.29. The van der Waals surface area contributed by atoms with E-state index in [2.05, 4.69) is 31.1 Å². The van der Waals surface area contributed by atoms with Crippen molar-refractivity contribution >= 4 is 0 Å². The molecule has 0 spiro atoms. The molecule has 3 aromatic rings. The number of aromatic nitrogens is 5. The lowest BCUT2D eigenvalue weighted by atomic mass is 9.98. The van der Waals surface area contributed by atoms with E-state index >= 15 is 0 Å². The predicted octanol–water partition coefficient (Wildman–Crippen LogP) is 3.88. The van der Waals surface area contributed by atoms with Gasteiger partial charge in [0.25, 0.3) is 0 Å². The van der Waals surface area contributed by atoms with Crippen molar-refractivity contribution in [3.05, 3.63) is 52.7 Å². The third-order valence-electron chi connectivity index (χ3n) is 5.29. The molecule has 4 rings (SSSR count). The average molecular weight is 378 g/mol. The summed E-state index contributed by atoms with van der Waals surface area (Å²) in [7, 11) is 0. The Morgan fingerprint density at radius 1 is 1.04 bits per heavy atom. The van der Waals surface area contributed by atoms with Crippen molar-refractivity contribution in [2.45, 2.75) is 59.5 Å². The maximum absolute atomic E-state index is 5.33. The molecule has 7 heteroatoms. The van der Waals surface area contributed by atoms with E-state index in [1.54, 1.807) is 0 Å². The Hall–Kier alpha value is -2.67. The summed E-state index contributed by atoms with van der Waals surface area (Å²) in [5, 5.41) is 4.06. The van der Waals surface area contributed by atoms with Crippen LogP contribution in [0, 0.1) is 27.7 Å². The number of hydrogen-bond acceptors (Lipinski definition) is 7. The molecule has 28 heavy (non-hydrogen) atoms. The number of rotatable bonds is 4. The Labute approximate surface area is 165 Å². The van der Waals surface area contributed by atoms with Gasteiger partial charge in [0.1, 0.15) is 5.76 Å². The summed E-state index contributed by atoms with van der Waals surface area (Å²) in [4.78, 5) is 21.0. The summed E-state index contributed by atoms with van der Waals surface area (Å²) in [5.74, 6) is 1.45. The van der Waals surface area contributed by atoms with Gasteiger partial charge in [-0.25, -0.2) is 9.97 Å². The largest absolute Gasteiger partial charge is 0.361 e. The molecule has 1 aliphatic rings. The van der Waals surface area contributed by atoms with Crippen LogP contribution in [0.15, 0.2) is 23.0 Å². The molecule has 1 saturated heterocycles. The fourth-order valence-corrected chi connectivity index (χ4v) is 3.90. The Kier molecular flexibility index (Phi) is 5.17. The fraction of sp³-hybridized carbons (Fsp3) is 0.476. The number of aryl methyl sites for hydroxylation is 4. The minimum absolute atomic E-state index is 0.248. The van der Waals surface area contributed by atoms with Gasteiger partial charge in [0.05, 0.1) is 34.4 Å². The fourth-order valence-electron chi connectivity index (χ4n) is 3.90. The molecule has 0 unspecified atom stereocenters. The van der Waals surface area contributed by atoms with Crippen LogP contribution in [0.5, 0.6) is 0 Å². The quantitative estimate of drug-likeness (QED) is 0.681. The Bertz CT molecular complexity index is 946. The number of likely N-dealkylation sites (tertiary alicyclic amines) is 1. The van der Waals surface area contributed by atoms with E-state index in [1.807, 2.05) is 40.1 Å². The topological polar surface area (TPSA) is 80.8 Å². The van der Waals surface area contributed by atoms with Gasteiger partial charge < -0.3 is 4.52 Å². The molecule has 146 valence electrons. The van der Waals surface area contributed by atoms with Gasteiger partial charge in [-0.2, -0.15) is 0 Å². The standard InChI is InChI=1S/C21H26N6O/c1-13-9-18(25-21(24-13)20-15(3)26-28-16(20)4)19-7-5-6-8-27(19)12-17-11-22-14(2)10-23-17/h9-11,19H,5-8,12H2,1-4H3/t19-/m1/s1. The zero-order chi connectivity index (χ0) is 19.7. The molecule has 0 amide bonds. The van der Waals surface area contributed by atoms with Gasteiger partial charge in [-0.05, 0) is 53.1 Å². The lowest BCUT2D eigenvalue weighted by Crippen LogP contribution is -2.34. The van der Waals surface area contributed by atoms with Crippen LogP contribution in [-0.2, 0) is 6.54 Å². The molecule has 1 atom stereocenters. The Morgan fingerprint density at radius 3 is 2.61 bits per heavy atom. The van der Waals surface area contributed by atoms with Crippen molar-refractivity contribution in [1.82, 2.24) is 30.0 Å². The van der Waals surface area contributed by atoms with Crippen LogP contribution in [0.2, 0.25) is 0 Å². The van der Waals surface area contributed by atoms with E-state index in [0.29, 0.717) is 5.82 Å². The normalized spacial score (nSPS) is 17.8. The average Bonchev–Trinajstić information content (AvgIpc) is 3.02. The van der Waals surface area contributed by atoms with Crippen molar-refractivity contribution in [1.29, 1.82) is 0 Å². The predicted molar refractivity (Wildman–Crippen MR) is 106 cm³/mol. The Balaban J connectivity index is 1.66. The van der Waals surface area contributed by atoms with Crippen LogP contribution in [0.1, 0.15) is 59.5 Å². The Morgan fingerprint density at radius 2 is 1.89 bits per heavy atom. The zero-order valence-electron chi connectivity index (χ0n) is 16.9. The van der Waals surface area contributed by atoms with Crippen molar-refractivity contribution in [2.24, 2.45) is 0 Å². The number of piperidine rings is 1. The van der Waals surface area contributed by atoms with Gasteiger partial charge in [-0.3, -0.25) is 14.9 Å². The van der Waals surface area contributed by atoms with E-state index in [4.69, 9.17) is 9.51 Å². The number of nitrogens with zero attached hydrogens (tertiary/aromatic N) is 6. The van der Waals surface area contributed by atoms with E-state index in [-0.39, 0.29) is 6.04 Å². The summed E-state index contributed by atoms with van der Waals surface area (Å²) >= 11 is 0. The van der Waals surface area contributed by atoms with E-state index < -0.39 is 0 Å². The van der Waals surface area contributed by atoms with Crippen LogP contribution in [-0.4, -0.2) is 36.5 Å². The molecule has 0 bridgehead atoms. The molecule has 1 aliphatic heterocycles. The van der Waals surface area contributed by atoms with Gasteiger partial charge >= 0.3 is 0 Å². The van der Waals surface area contributed by atoms with Crippen molar-refractivity contribution in [3.63, 3.8) is 0 Å². The molecular formula is C21H26N6O. The minimum atomic E-state index is 0.248. The molecular weight excluding hydrogens is 352 g/mol. The zero-order valence-corrected chi connectivity index (χ0v) is 16.9. The first-order valence-electron chi connectivity index (χ1n) is 9.81. The molecule has 0 radical (unpaired) electrons. The van der Waals surface area contributed by atoms with Gasteiger partial charge in [0, 0.05) is 24.6 Å². The van der Waals surface area contributed by atoms with Crippen LogP contribution in [0.4, 0.5) is 0 Å². The van der Waals surface area contributed by atoms with E-state index in [1.165, 1.54) is 12.8 Å². The number of hydrogen-bond donors (Lipinski definition) is 0. The van der Waals surface area contributed by atoms with Crippen molar-refractivity contribution in [3.8, 4) is 11.4 Å². The summed E-state index contributed by atoms with van der Waals surface area (Å²) in [6, 6.07) is 2.35. The lowest BCUT2D eigenvalue weighted by Gasteiger charge is -2.35. The minimum Gasteiger partial charge on any atom is -0.361 e. The maximum atomic E-state index is 5.33. The monoisotopic (exact) mass is 378 g/mol. The van der Waals surface area contributed by atoms with Crippen molar-refractivity contribution in [2.75, 3.05) is 6.54 Å². The second kappa shape index (κ2) is 7.75. The second-order valence-corrected chi connectivity index (χ2v) is 7.59. The van der Waals surface area contributed by atoms with Crippen LogP contribution in [0.3, 0.4) is 0 Å². The smallest absolute Gasteiger partial charge is 0.165 e. The second-order valence-electron chi connectivity index (χ2n) is 7.59.